The first-order valence-electron chi connectivity index (χ1n) is 3.33. The van der Waals surface area contributed by atoms with Crippen molar-refractivity contribution in [3.8, 4) is 0 Å². The predicted octanol–water partition coefficient (Wildman–Crippen LogP) is 2.75. The minimum Gasteiger partial charge on any atom is -0.114 e. The first-order chi connectivity index (χ1) is 4.93. The van der Waals surface area contributed by atoms with Gasteiger partial charge in [-0.05, 0) is 11.5 Å². The molecule has 1 aromatic carbocycles. The van der Waals surface area contributed by atoms with Crippen molar-refractivity contribution in [2.45, 2.75) is 0 Å². The van der Waals surface area contributed by atoms with Crippen LogP contribution in [0.5, 0.6) is 0 Å². The Morgan fingerprint density at radius 1 is 1.27 bits per heavy atom. The van der Waals surface area contributed by atoms with Gasteiger partial charge in [0.05, 0.1) is 0 Å². The Labute approximate surface area is 80.3 Å². The molecule has 0 aliphatic heterocycles. The lowest BCUT2D eigenvalue weighted by atomic mass is 10.4. The van der Waals surface area contributed by atoms with Crippen molar-refractivity contribution in [1.82, 2.24) is 0 Å². The molecule has 0 fully saturated rings. The van der Waals surface area contributed by atoms with Crippen molar-refractivity contribution in [1.29, 1.82) is 0 Å². The van der Waals surface area contributed by atoms with Crippen molar-refractivity contribution < 1.29 is 0 Å². The molecule has 0 saturated heterocycles. The molecule has 0 radical (unpaired) electrons. The maximum atomic E-state index is 3.68. The van der Waals surface area contributed by atoms with Crippen molar-refractivity contribution in [3.05, 3.63) is 43.0 Å². The Hall–Kier alpha value is -0.130. The molecule has 0 saturated carbocycles. The second-order valence-electron chi connectivity index (χ2n) is 2.04. The molecule has 0 nitrogen and oxygen atoms in total. The van der Waals surface area contributed by atoms with Crippen LogP contribution in [0.3, 0.4) is 0 Å². The second-order valence-corrected chi connectivity index (χ2v) is 3.37. The maximum absolute atomic E-state index is 3.68. The molecule has 1 unspecified atom stereocenters. The van der Waals surface area contributed by atoms with Crippen molar-refractivity contribution >= 4 is 30.9 Å². The minimum absolute atomic E-state index is 0. The van der Waals surface area contributed by atoms with Gasteiger partial charge in [0.1, 0.15) is 0 Å². The number of halogens is 1. The summed E-state index contributed by atoms with van der Waals surface area (Å²) in [7, 11) is 0.886. The number of rotatable bonds is 3. The molecule has 0 N–H and O–H groups in total. The molecule has 0 aliphatic carbocycles. The summed E-state index contributed by atoms with van der Waals surface area (Å²) >= 11 is 0. The summed E-state index contributed by atoms with van der Waals surface area (Å²) in [6.45, 7) is 3.68. The van der Waals surface area contributed by atoms with Crippen LogP contribution in [0.4, 0.5) is 0 Å². The van der Waals surface area contributed by atoms with E-state index in [0.717, 1.165) is 14.7 Å². The summed E-state index contributed by atoms with van der Waals surface area (Å²) in [6.07, 6.45) is 3.06. The van der Waals surface area contributed by atoms with E-state index in [1.165, 1.54) is 5.30 Å². The fourth-order valence-corrected chi connectivity index (χ4v) is 1.55. The largest absolute Gasteiger partial charge is 0.114 e. The van der Waals surface area contributed by atoms with E-state index in [1.54, 1.807) is 0 Å². The molecular formula is C9H12BrP. The summed E-state index contributed by atoms with van der Waals surface area (Å²) < 4.78 is 0. The van der Waals surface area contributed by atoms with Gasteiger partial charge in [0.25, 0.3) is 0 Å². The van der Waals surface area contributed by atoms with Crippen molar-refractivity contribution in [3.63, 3.8) is 0 Å². The molecule has 0 spiro atoms. The average Bonchev–Trinajstić information content (AvgIpc) is 2.03. The van der Waals surface area contributed by atoms with Gasteiger partial charge in [-0.1, -0.05) is 45.0 Å². The standard InChI is InChI=1S/C9H11P.BrH/c1-2-8-10-9-6-4-3-5-7-9;/h2-7,10H,1,8H2;1H. The smallest absolute Gasteiger partial charge is 0.0135 e. The molecule has 1 rings (SSSR count). The minimum atomic E-state index is 0. The van der Waals surface area contributed by atoms with E-state index < -0.39 is 0 Å². The molecule has 0 bridgehead atoms. The van der Waals surface area contributed by atoms with Crippen LogP contribution in [0, 0.1) is 0 Å². The van der Waals surface area contributed by atoms with Crippen LogP contribution in [-0.4, -0.2) is 6.16 Å². The third-order valence-electron chi connectivity index (χ3n) is 1.22. The summed E-state index contributed by atoms with van der Waals surface area (Å²) in [5, 5.41) is 1.42. The molecule has 0 aromatic heterocycles. The van der Waals surface area contributed by atoms with Gasteiger partial charge in [-0.3, -0.25) is 0 Å². The zero-order valence-corrected chi connectivity index (χ0v) is 9.00. The summed E-state index contributed by atoms with van der Waals surface area (Å²) in [4.78, 5) is 0. The van der Waals surface area contributed by atoms with Crippen LogP contribution in [-0.2, 0) is 0 Å². The van der Waals surface area contributed by atoms with Gasteiger partial charge >= 0.3 is 0 Å². The highest BCUT2D eigenvalue weighted by molar-refractivity contribution is 8.93. The summed E-state index contributed by atoms with van der Waals surface area (Å²) in [5.74, 6) is 0. The second kappa shape index (κ2) is 6.57. The van der Waals surface area contributed by atoms with E-state index in [2.05, 4.69) is 30.8 Å². The maximum Gasteiger partial charge on any atom is -0.0135 e. The molecular weight excluding hydrogens is 219 g/mol. The van der Waals surface area contributed by atoms with Crippen LogP contribution in [0.15, 0.2) is 43.0 Å². The number of benzene rings is 1. The lowest BCUT2D eigenvalue weighted by Crippen LogP contribution is -1.91. The highest BCUT2D eigenvalue weighted by atomic mass is 79.9. The normalized spacial score (nSPS) is 9.45. The molecule has 2 heteroatoms. The first kappa shape index (κ1) is 10.9. The van der Waals surface area contributed by atoms with Gasteiger partial charge in [-0.2, -0.15) is 0 Å². The van der Waals surface area contributed by atoms with Gasteiger partial charge in [-0.15, -0.1) is 23.6 Å². The van der Waals surface area contributed by atoms with E-state index in [4.69, 9.17) is 0 Å². The Bertz CT molecular complexity index is 196. The highest BCUT2D eigenvalue weighted by Gasteiger charge is 1.85. The Balaban J connectivity index is 0.000001000. The van der Waals surface area contributed by atoms with E-state index in [1.807, 2.05) is 12.1 Å². The van der Waals surface area contributed by atoms with Crippen molar-refractivity contribution in [2.24, 2.45) is 0 Å². The molecule has 0 aliphatic rings. The van der Waals surface area contributed by atoms with Crippen LogP contribution in [0.2, 0.25) is 0 Å². The number of hydrogen-bond donors (Lipinski definition) is 0. The molecule has 60 valence electrons. The van der Waals surface area contributed by atoms with E-state index in [0.29, 0.717) is 0 Å². The topological polar surface area (TPSA) is 0 Å². The zero-order valence-electron chi connectivity index (χ0n) is 6.29. The monoisotopic (exact) mass is 230 g/mol. The van der Waals surface area contributed by atoms with Gasteiger partial charge in [-0.25, -0.2) is 0 Å². The Morgan fingerprint density at radius 3 is 2.45 bits per heavy atom. The van der Waals surface area contributed by atoms with Crippen LogP contribution in [0.1, 0.15) is 0 Å². The lowest BCUT2D eigenvalue weighted by Gasteiger charge is -1.95. The number of allylic oxidation sites excluding steroid dienone is 1. The Kier molecular flexibility index (Phi) is 6.49. The van der Waals surface area contributed by atoms with Gasteiger partial charge < -0.3 is 0 Å². The molecule has 0 heterocycles. The summed E-state index contributed by atoms with van der Waals surface area (Å²) in [6, 6.07) is 10.5. The van der Waals surface area contributed by atoms with E-state index >= 15 is 0 Å². The van der Waals surface area contributed by atoms with Crippen LogP contribution >= 0.6 is 25.6 Å². The van der Waals surface area contributed by atoms with Gasteiger partial charge in [0.2, 0.25) is 0 Å². The predicted molar refractivity (Wildman–Crippen MR) is 59.8 cm³/mol. The first-order valence-corrected chi connectivity index (χ1v) is 4.54. The van der Waals surface area contributed by atoms with E-state index in [9.17, 15) is 0 Å². The quantitative estimate of drug-likeness (QED) is 0.554. The fourth-order valence-electron chi connectivity index (χ4n) is 0.746. The van der Waals surface area contributed by atoms with Gasteiger partial charge in [0.15, 0.2) is 0 Å². The fraction of sp³-hybridized carbons (Fsp3) is 0.111. The van der Waals surface area contributed by atoms with Crippen LogP contribution < -0.4 is 5.30 Å². The average molecular weight is 231 g/mol. The van der Waals surface area contributed by atoms with Crippen LogP contribution in [0.25, 0.3) is 0 Å². The molecule has 11 heavy (non-hydrogen) atoms. The molecule has 0 amide bonds. The van der Waals surface area contributed by atoms with Crippen molar-refractivity contribution in [2.75, 3.05) is 6.16 Å². The SMILES string of the molecule is Br.C=CCPc1ccccc1. The highest BCUT2D eigenvalue weighted by Crippen LogP contribution is 2.08. The zero-order chi connectivity index (χ0) is 7.23. The summed E-state index contributed by atoms with van der Waals surface area (Å²) in [5.41, 5.74) is 0. The third kappa shape index (κ3) is 4.34. The molecule has 1 atom stereocenters. The number of hydrogen-bond acceptors (Lipinski definition) is 0. The van der Waals surface area contributed by atoms with Gasteiger partial charge in [0, 0.05) is 0 Å². The third-order valence-corrected chi connectivity index (χ3v) is 2.46. The van der Waals surface area contributed by atoms with E-state index in [-0.39, 0.29) is 17.0 Å². The lowest BCUT2D eigenvalue weighted by molar-refractivity contribution is 1.75. The Morgan fingerprint density at radius 2 is 1.91 bits per heavy atom. The molecule has 1 aromatic rings.